The molecule has 0 spiro atoms. The van der Waals surface area contributed by atoms with Gasteiger partial charge >= 0.3 is 0 Å². The van der Waals surface area contributed by atoms with Crippen molar-refractivity contribution in [2.45, 2.75) is 26.5 Å². The molecule has 0 aromatic heterocycles. The maximum absolute atomic E-state index is 12.0. The summed E-state index contributed by atoms with van der Waals surface area (Å²) in [6.45, 7) is 5.00. The average Bonchev–Trinajstić information content (AvgIpc) is 3.04. The summed E-state index contributed by atoms with van der Waals surface area (Å²) in [5, 5.41) is 5.97. The minimum atomic E-state index is -0.0988. The quantitative estimate of drug-likeness (QED) is 0.810. The minimum absolute atomic E-state index is 0.0988. The standard InChI is InChI=1S/C19H22N2O4/c1-13(2)25-16-6-4-15(5-7-16)21-19(22)11-20-10-14-3-8-17-18(9-14)24-12-23-17/h3-9,13,20H,10-12H2,1-2H3,(H,21,22). The van der Waals surface area contributed by atoms with Crippen LogP contribution in [0.1, 0.15) is 19.4 Å². The highest BCUT2D eigenvalue weighted by Crippen LogP contribution is 2.32. The first kappa shape index (κ1) is 17.1. The van der Waals surface area contributed by atoms with Gasteiger partial charge in [0.1, 0.15) is 5.75 Å². The fourth-order valence-electron chi connectivity index (χ4n) is 2.47. The molecule has 0 fully saturated rings. The molecule has 3 rings (SSSR count). The lowest BCUT2D eigenvalue weighted by Gasteiger charge is -2.11. The van der Waals surface area contributed by atoms with E-state index in [-0.39, 0.29) is 25.3 Å². The number of anilines is 1. The molecule has 1 aliphatic rings. The van der Waals surface area contributed by atoms with Crippen molar-refractivity contribution >= 4 is 11.6 Å². The maximum atomic E-state index is 12.0. The summed E-state index contributed by atoms with van der Waals surface area (Å²) in [5.41, 5.74) is 1.78. The molecule has 2 N–H and O–H groups in total. The monoisotopic (exact) mass is 342 g/mol. The van der Waals surface area contributed by atoms with E-state index in [0.717, 1.165) is 28.5 Å². The molecule has 0 saturated carbocycles. The summed E-state index contributed by atoms with van der Waals surface area (Å²) in [7, 11) is 0. The van der Waals surface area contributed by atoms with E-state index in [1.165, 1.54) is 0 Å². The third-order valence-electron chi connectivity index (χ3n) is 3.56. The van der Waals surface area contributed by atoms with Crippen LogP contribution in [0, 0.1) is 0 Å². The summed E-state index contributed by atoms with van der Waals surface area (Å²) in [6.07, 6.45) is 0.126. The van der Waals surface area contributed by atoms with E-state index < -0.39 is 0 Å². The number of amides is 1. The van der Waals surface area contributed by atoms with Crippen LogP contribution < -0.4 is 24.8 Å². The van der Waals surface area contributed by atoms with Gasteiger partial charge in [0.2, 0.25) is 12.7 Å². The van der Waals surface area contributed by atoms with E-state index in [1.807, 2.05) is 56.3 Å². The highest BCUT2D eigenvalue weighted by atomic mass is 16.7. The van der Waals surface area contributed by atoms with Gasteiger partial charge in [0.05, 0.1) is 12.6 Å². The zero-order chi connectivity index (χ0) is 17.6. The van der Waals surface area contributed by atoms with Crippen molar-refractivity contribution in [2.75, 3.05) is 18.7 Å². The van der Waals surface area contributed by atoms with Gasteiger partial charge in [-0.3, -0.25) is 4.79 Å². The second-order valence-electron chi connectivity index (χ2n) is 6.03. The van der Waals surface area contributed by atoms with Gasteiger partial charge in [-0.05, 0) is 55.8 Å². The molecule has 1 amide bonds. The molecule has 132 valence electrons. The summed E-state index contributed by atoms with van der Waals surface area (Å²) >= 11 is 0. The molecular weight excluding hydrogens is 320 g/mol. The van der Waals surface area contributed by atoms with Crippen molar-refractivity contribution in [3.05, 3.63) is 48.0 Å². The SMILES string of the molecule is CC(C)Oc1ccc(NC(=O)CNCc2ccc3c(c2)OCO3)cc1. The van der Waals surface area contributed by atoms with Gasteiger partial charge in [0, 0.05) is 12.2 Å². The normalized spacial score (nSPS) is 12.3. The molecular formula is C19H22N2O4. The Balaban J connectivity index is 1.43. The number of carbonyl (C=O) groups is 1. The smallest absolute Gasteiger partial charge is 0.238 e. The lowest BCUT2D eigenvalue weighted by Crippen LogP contribution is -2.27. The van der Waals surface area contributed by atoms with Gasteiger partial charge in [0.25, 0.3) is 0 Å². The first-order chi connectivity index (χ1) is 12.1. The number of carbonyl (C=O) groups excluding carboxylic acids is 1. The van der Waals surface area contributed by atoms with Crippen LogP contribution >= 0.6 is 0 Å². The fourth-order valence-corrected chi connectivity index (χ4v) is 2.47. The molecule has 1 aliphatic heterocycles. The van der Waals surface area contributed by atoms with E-state index in [0.29, 0.717) is 6.54 Å². The third-order valence-corrected chi connectivity index (χ3v) is 3.56. The van der Waals surface area contributed by atoms with Crippen LogP contribution in [-0.4, -0.2) is 25.3 Å². The number of fused-ring (bicyclic) bond motifs is 1. The molecule has 0 aliphatic carbocycles. The van der Waals surface area contributed by atoms with Gasteiger partial charge < -0.3 is 24.8 Å². The van der Waals surface area contributed by atoms with Crippen molar-refractivity contribution in [3.63, 3.8) is 0 Å². The topological polar surface area (TPSA) is 68.8 Å². The average molecular weight is 342 g/mol. The Morgan fingerprint density at radius 2 is 1.88 bits per heavy atom. The molecule has 1 heterocycles. The van der Waals surface area contributed by atoms with Gasteiger partial charge in [-0.1, -0.05) is 6.07 Å². The molecule has 0 unspecified atom stereocenters. The Bertz CT molecular complexity index is 729. The van der Waals surface area contributed by atoms with Crippen LogP contribution in [0.25, 0.3) is 0 Å². The molecule has 25 heavy (non-hydrogen) atoms. The molecule has 6 heteroatoms. The first-order valence-electron chi connectivity index (χ1n) is 8.26. The fraction of sp³-hybridized carbons (Fsp3) is 0.316. The molecule has 2 aromatic rings. The lowest BCUT2D eigenvalue weighted by atomic mass is 10.2. The van der Waals surface area contributed by atoms with Gasteiger partial charge in [-0.25, -0.2) is 0 Å². The predicted molar refractivity (Wildman–Crippen MR) is 95.1 cm³/mol. The van der Waals surface area contributed by atoms with Crippen molar-refractivity contribution in [2.24, 2.45) is 0 Å². The summed E-state index contributed by atoms with van der Waals surface area (Å²) < 4.78 is 16.2. The predicted octanol–water partition coefficient (Wildman–Crippen LogP) is 2.93. The Kier molecular flexibility index (Phi) is 5.40. The van der Waals surface area contributed by atoms with E-state index in [4.69, 9.17) is 14.2 Å². The summed E-state index contributed by atoms with van der Waals surface area (Å²) in [6, 6.07) is 13.1. The highest BCUT2D eigenvalue weighted by Gasteiger charge is 2.13. The van der Waals surface area contributed by atoms with Crippen LogP contribution in [-0.2, 0) is 11.3 Å². The number of hydrogen-bond acceptors (Lipinski definition) is 5. The van der Waals surface area contributed by atoms with Crippen molar-refractivity contribution < 1.29 is 19.0 Å². The van der Waals surface area contributed by atoms with Gasteiger partial charge in [-0.15, -0.1) is 0 Å². The molecule has 0 saturated heterocycles. The summed E-state index contributed by atoms with van der Waals surface area (Å²) in [5.74, 6) is 2.19. The zero-order valence-corrected chi connectivity index (χ0v) is 14.4. The van der Waals surface area contributed by atoms with Gasteiger partial charge in [0.15, 0.2) is 11.5 Å². The number of nitrogens with one attached hydrogen (secondary N) is 2. The number of hydrogen-bond donors (Lipinski definition) is 2. The first-order valence-corrected chi connectivity index (χ1v) is 8.26. The number of rotatable bonds is 7. The maximum Gasteiger partial charge on any atom is 0.238 e. The second kappa shape index (κ2) is 7.90. The van der Waals surface area contributed by atoms with Crippen LogP contribution in [0.3, 0.4) is 0 Å². The van der Waals surface area contributed by atoms with Crippen LogP contribution in [0.5, 0.6) is 17.2 Å². The Labute approximate surface area is 147 Å². The molecule has 0 atom stereocenters. The molecule has 2 aromatic carbocycles. The largest absolute Gasteiger partial charge is 0.491 e. The van der Waals surface area contributed by atoms with Crippen molar-refractivity contribution in [1.82, 2.24) is 5.32 Å². The Morgan fingerprint density at radius 1 is 1.12 bits per heavy atom. The van der Waals surface area contributed by atoms with Crippen molar-refractivity contribution in [3.8, 4) is 17.2 Å². The van der Waals surface area contributed by atoms with E-state index in [2.05, 4.69) is 10.6 Å². The lowest BCUT2D eigenvalue weighted by molar-refractivity contribution is -0.115. The van der Waals surface area contributed by atoms with Crippen LogP contribution in [0.15, 0.2) is 42.5 Å². The van der Waals surface area contributed by atoms with Crippen LogP contribution in [0.4, 0.5) is 5.69 Å². The Hall–Kier alpha value is -2.73. The Morgan fingerprint density at radius 3 is 2.64 bits per heavy atom. The van der Waals surface area contributed by atoms with Crippen molar-refractivity contribution in [1.29, 1.82) is 0 Å². The third kappa shape index (κ3) is 4.87. The molecule has 6 nitrogen and oxygen atoms in total. The highest BCUT2D eigenvalue weighted by molar-refractivity contribution is 5.92. The summed E-state index contributed by atoms with van der Waals surface area (Å²) in [4.78, 5) is 12.0. The zero-order valence-electron chi connectivity index (χ0n) is 14.4. The van der Waals surface area contributed by atoms with Crippen LogP contribution in [0.2, 0.25) is 0 Å². The number of benzene rings is 2. The van der Waals surface area contributed by atoms with Gasteiger partial charge in [-0.2, -0.15) is 0 Å². The molecule has 0 bridgehead atoms. The van der Waals surface area contributed by atoms with E-state index in [1.54, 1.807) is 0 Å². The number of ether oxygens (including phenoxy) is 3. The minimum Gasteiger partial charge on any atom is -0.491 e. The second-order valence-corrected chi connectivity index (χ2v) is 6.03. The molecule has 0 radical (unpaired) electrons. The van der Waals surface area contributed by atoms with E-state index >= 15 is 0 Å². The van der Waals surface area contributed by atoms with E-state index in [9.17, 15) is 4.79 Å².